The monoisotopic (exact) mass is 329 g/mol. The fraction of sp³-hybridized carbons (Fsp3) is 0. The summed E-state index contributed by atoms with van der Waals surface area (Å²) >= 11 is -1.79. The molecule has 0 aromatic rings. The minimum absolute atomic E-state index is 0. The van der Waals surface area contributed by atoms with Crippen molar-refractivity contribution in [1.29, 1.82) is 0 Å². The molecule has 0 amide bonds. The molecule has 0 atom stereocenters. The van der Waals surface area contributed by atoms with Gasteiger partial charge < -0.3 is 0 Å². The van der Waals surface area contributed by atoms with Crippen LogP contribution in [-0.2, 0) is 45.2 Å². The van der Waals surface area contributed by atoms with Gasteiger partial charge in [0.1, 0.15) is 0 Å². The Kier molecular flexibility index (Phi) is 20.1. The largest absolute Gasteiger partial charge is 0 e. The second-order valence-electron chi connectivity index (χ2n) is 0.0589. The van der Waals surface area contributed by atoms with E-state index in [0.29, 0.717) is 0 Å². The van der Waals surface area contributed by atoms with Crippen LogP contribution in [0.1, 0.15) is 0 Å². The van der Waals surface area contributed by atoms with Crippen LogP contribution in [0.5, 0.6) is 0 Å². The van der Waals surface area contributed by atoms with Gasteiger partial charge in [-0.1, -0.05) is 0 Å². The van der Waals surface area contributed by atoms with E-state index in [1.807, 2.05) is 0 Å². The molecule has 4 heavy (non-hydrogen) atoms. The molecule has 0 saturated heterocycles. The van der Waals surface area contributed by atoms with E-state index in [1.54, 1.807) is 0 Å². The van der Waals surface area contributed by atoms with E-state index < -0.39 is 17.0 Å². The first kappa shape index (κ1) is 8.86. The molecule has 30 valence electrons. The fourth-order valence-electron chi connectivity index (χ4n) is 0. The maximum absolute atomic E-state index is 8.46. The third-order valence-electron chi connectivity index (χ3n) is 0. The summed E-state index contributed by atoms with van der Waals surface area (Å²) in [5.74, 6) is 0. The zero-order valence-corrected chi connectivity index (χ0v) is 5.50. The molecule has 0 aliphatic heterocycles. The molecule has 0 aliphatic rings. The van der Waals surface area contributed by atoms with Crippen LogP contribution < -0.4 is 0 Å². The fourth-order valence-corrected chi connectivity index (χ4v) is 0. The molecule has 4 heteroatoms. The standard InChI is InChI=1S/2O.Pt.Ru. The quantitative estimate of drug-likeness (QED) is 0.575. The van der Waals surface area contributed by atoms with Crippen molar-refractivity contribution in [3.05, 3.63) is 0 Å². The first-order valence-electron chi connectivity index (χ1n) is 0.289. The molecule has 0 rings (SSSR count). The van der Waals surface area contributed by atoms with Crippen LogP contribution in [0.25, 0.3) is 0 Å². The Labute approximate surface area is 45.3 Å². The summed E-state index contributed by atoms with van der Waals surface area (Å²) in [7, 11) is 0. The summed E-state index contributed by atoms with van der Waals surface area (Å²) in [6.07, 6.45) is 0. The molecule has 0 saturated carbocycles. The Bertz CT molecular complexity index is 27.0. The minimum atomic E-state index is -1.79. The molecule has 0 fully saturated rings. The van der Waals surface area contributed by atoms with Crippen LogP contribution >= 0.6 is 0 Å². The predicted octanol–water partition coefficient (Wildman–Crippen LogP) is -0.243. The topological polar surface area (TPSA) is 34.1 Å². The second-order valence-corrected chi connectivity index (χ2v) is 0.349. The average molecular weight is 328 g/mol. The summed E-state index contributed by atoms with van der Waals surface area (Å²) in [6.45, 7) is 0. The van der Waals surface area contributed by atoms with E-state index >= 15 is 0 Å². The van der Waals surface area contributed by atoms with Gasteiger partial charge in [0.2, 0.25) is 0 Å². The van der Waals surface area contributed by atoms with Crippen molar-refractivity contribution >= 4 is 0 Å². The van der Waals surface area contributed by atoms with Gasteiger partial charge in [0.15, 0.2) is 0 Å². The van der Waals surface area contributed by atoms with E-state index in [1.165, 1.54) is 0 Å². The van der Waals surface area contributed by atoms with Gasteiger partial charge in [-0.05, 0) is 0 Å². The Hall–Kier alpha value is 0.912. The van der Waals surface area contributed by atoms with E-state index in [9.17, 15) is 0 Å². The molecule has 0 radical (unpaired) electrons. The zero-order valence-electron chi connectivity index (χ0n) is 1.49. The van der Waals surface area contributed by atoms with Crippen molar-refractivity contribution < 1.29 is 45.2 Å². The van der Waals surface area contributed by atoms with E-state index in [2.05, 4.69) is 0 Å². The van der Waals surface area contributed by atoms with Gasteiger partial charge in [-0.3, -0.25) is 0 Å². The van der Waals surface area contributed by atoms with Crippen molar-refractivity contribution in [1.82, 2.24) is 0 Å². The summed E-state index contributed by atoms with van der Waals surface area (Å²) < 4.78 is 16.9. The molecule has 0 aliphatic carbocycles. The molecular formula is O2PtRu. The molecular weight excluding hydrogens is 328 g/mol. The number of hydrogen-bond acceptors (Lipinski definition) is 2. The minimum Gasteiger partial charge on any atom is 0 e. The van der Waals surface area contributed by atoms with Crippen LogP contribution in [-0.4, -0.2) is 0 Å². The summed E-state index contributed by atoms with van der Waals surface area (Å²) in [4.78, 5) is 0. The third kappa shape index (κ3) is 12.8. The molecule has 0 spiro atoms. The molecule has 0 heterocycles. The van der Waals surface area contributed by atoms with Crippen LogP contribution in [0.4, 0.5) is 0 Å². The normalized spacial score (nSPS) is 4.00. The van der Waals surface area contributed by atoms with Crippen molar-refractivity contribution in [2.75, 3.05) is 0 Å². The maximum Gasteiger partial charge on any atom is 0 e. The Balaban J connectivity index is 0. The predicted molar refractivity (Wildman–Crippen MR) is 1.37 cm³/mol. The summed E-state index contributed by atoms with van der Waals surface area (Å²) in [5, 5.41) is 0. The Morgan fingerprint density at radius 2 is 1.25 bits per heavy atom. The summed E-state index contributed by atoms with van der Waals surface area (Å²) in [5.41, 5.74) is 0. The molecule has 0 aromatic heterocycles. The van der Waals surface area contributed by atoms with E-state index in [-0.39, 0.29) is 21.1 Å². The molecule has 2 nitrogen and oxygen atoms in total. The maximum atomic E-state index is 8.46. The smallest absolute Gasteiger partial charge is 0 e. The summed E-state index contributed by atoms with van der Waals surface area (Å²) in [6, 6.07) is 0. The molecule has 0 bridgehead atoms. The Morgan fingerprint density at radius 3 is 1.25 bits per heavy atom. The average Bonchev–Trinajstić information content (AvgIpc) is 0.918. The van der Waals surface area contributed by atoms with Gasteiger partial charge in [0.05, 0.1) is 0 Å². The van der Waals surface area contributed by atoms with Gasteiger partial charge in [-0.2, -0.15) is 0 Å². The van der Waals surface area contributed by atoms with Gasteiger partial charge >= 0.3 is 24.2 Å². The van der Waals surface area contributed by atoms with Gasteiger partial charge in [-0.25, -0.2) is 0 Å². The van der Waals surface area contributed by atoms with Crippen molar-refractivity contribution in [3.63, 3.8) is 0 Å². The molecule has 0 aromatic carbocycles. The number of hydrogen-bond donors (Lipinski definition) is 0. The number of rotatable bonds is 0. The first-order chi connectivity index (χ1) is 1.41. The van der Waals surface area contributed by atoms with Gasteiger partial charge in [0, 0.05) is 21.1 Å². The van der Waals surface area contributed by atoms with Crippen molar-refractivity contribution in [2.24, 2.45) is 0 Å². The first-order valence-corrected chi connectivity index (χ1v) is 1.71. The van der Waals surface area contributed by atoms with Crippen LogP contribution in [0.3, 0.4) is 0 Å². The zero-order chi connectivity index (χ0) is 2.71. The second kappa shape index (κ2) is 9.07. The molecule has 0 N–H and O–H groups in total. The SMILES string of the molecule is [O]=[Ru]=[O].[Pt]. The van der Waals surface area contributed by atoms with Crippen LogP contribution in [0.2, 0.25) is 0 Å². The van der Waals surface area contributed by atoms with Crippen LogP contribution in [0.15, 0.2) is 0 Å². The van der Waals surface area contributed by atoms with Gasteiger partial charge in [0.25, 0.3) is 0 Å². The Morgan fingerprint density at radius 1 is 1.25 bits per heavy atom. The van der Waals surface area contributed by atoms with Crippen molar-refractivity contribution in [3.8, 4) is 0 Å². The third-order valence-corrected chi connectivity index (χ3v) is 0. The van der Waals surface area contributed by atoms with Crippen molar-refractivity contribution in [2.45, 2.75) is 0 Å². The van der Waals surface area contributed by atoms with E-state index in [0.717, 1.165) is 0 Å². The molecule has 0 unspecified atom stereocenters. The van der Waals surface area contributed by atoms with E-state index in [4.69, 9.17) is 7.15 Å². The van der Waals surface area contributed by atoms with Crippen LogP contribution in [0, 0.1) is 0 Å². The van der Waals surface area contributed by atoms with Gasteiger partial charge in [-0.15, -0.1) is 0 Å².